The summed E-state index contributed by atoms with van der Waals surface area (Å²) in [5.74, 6) is 0.172. The normalized spacial score (nSPS) is 16.6. The Bertz CT molecular complexity index is 503. The van der Waals surface area contributed by atoms with Crippen molar-refractivity contribution >= 4 is 6.08 Å². The molecule has 0 saturated heterocycles. The molecule has 4 heteroatoms. The lowest BCUT2D eigenvalue weighted by Crippen LogP contribution is -2.33. The van der Waals surface area contributed by atoms with Crippen LogP contribution < -0.4 is 4.74 Å². The van der Waals surface area contributed by atoms with Gasteiger partial charge in [-0.3, -0.25) is 0 Å². The minimum Gasteiger partial charge on any atom is -0.496 e. The molecule has 1 aliphatic rings. The van der Waals surface area contributed by atoms with Gasteiger partial charge in [-0.05, 0) is 42.9 Å². The largest absolute Gasteiger partial charge is 0.496 e. The van der Waals surface area contributed by atoms with Crippen LogP contribution in [0.4, 0.5) is 4.39 Å². The van der Waals surface area contributed by atoms with Gasteiger partial charge in [-0.2, -0.15) is 4.99 Å². The van der Waals surface area contributed by atoms with Gasteiger partial charge in [0, 0.05) is 6.07 Å². The van der Waals surface area contributed by atoms with Crippen molar-refractivity contribution < 1.29 is 13.9 Å². The highest BCUT2D eigenvalue weighted by molar-refractivity contribution is 5.48. The summed E-state index contributed by atoms with van der Waals surface area (Å²) in [6.07, 6.45) is 4.87. The predicted molar refractivity (Wildman–Crippen MR) is 66.0 cm³/mol. The highest BCUT2D eigenvalue weighted by atomic mass is 19.1. The van der Waals surface area contributed by atoms with E-state index in [-0.39, 0.29) is 5.82 Å². The van der Waals surface area contributed by atoms with E-state index in [1.165, 1.54) is 19.2 Å². The summed E-state index contributed by atoms with van der Waals surface area (Å²) in [7, 11) is 1.52. The molecule has 0 radical (unpaired) electrons. The van der Waals surface area contributed by atoms with Gasteiger partial charge in [0.05, 0.1) is 12.6 Å². The zero-order chi connectivity index (χ0) is 13.2. The first kappa shape index (κ1) is 12.8. The van der Waals surface area contributed by atoms with Gasteiger partial charge >= 0.3 is 0 Å². The number of halogens is 1. The third kappa shape index (κ3) is 1.93. The van der Waals surface area contributed by atoms with Crippen LogP contribution in [0.25, 0.3) is 0 Å². The summed E-state index contributed by atoms with van der Waals surface area (Å²) >= 11 is 0. The molecule has 0 atom stereocenters. The van der Waals surface area contributed by atoms with Gasteiger partial charge in [-0.1, -0.05) is 6.92 Å². The molecule has 1 saturated carbocycles. The summed E-state index contributed by atoms with van der Waals surface area (Å²) in [6.45, 7) is 1.98. The van der Waals surface area contributed by atoms with Crippen LogP contribution in [-0.2, 0) is 16.8 Å². The van der Waals surface area contributed by atoms with Crippen molar-refractivity contribution in [1.82, 2.24) is 0 Å². The van der Waals surface area contributed by atoms with Crippen LogP contribution in [0.5, 0.6) is 5.75 Å². The second kappa shape index (κ2) is 4.91. The first-order chi connectivity index (χ1) is 8.66. The number of benzene rings is 1. The van der Waals surface area contributed by atoms with E-state index in [0.29, 0.717) is 5.75 Å². The molecule has 0 heterocycles. The number of methoxy groups -OCH3 is 1. The molecule has 96 valence electrons. The number of nitrogens with zero attached hydrogens (tertiary/aromatic N) is 1. The molecule has 0 unspecified atom stereocenters. The molecule has 1 fully saturated rings. The van der Waals surface area contributed by atoms with E-state index in [9.17, 15) is 9.18 Å². The minimum absolute atomic E-state index is 0.355. The fourth-order valence-electron chi connectivity index (χ4n) is 2.61. The van der Waals surface area contributed by atoms with Crippen molar-refractivity contribution in [2.45, 2.75) is 38.1 Å². The lowest BCUT2D eigenvalue weighted by Gasteiger charge is -2.38. The molecule has 1 aromatic rings. The Hall–Kier alpha value is -1.67. The number of hydrogen-bond acceptors (Lipinski definition) is 3. The lowest BCUT2D eigenvalue weighted by atomic mass is 9.70. The summed E-state index contributed by atoms with van der Waals surface area (Å²) < 4.78 is 18.9. The van der Waals surface area contributed by atoms with E-state index >= 15 is 0 Å². The fourth-order valence-corrected chi connectivity index (χ4v) is 2.61. The first-order valence-electron chi connectivity index (χ1n) is 6.13. The smallest absolute Gasteiger partial charge is 0.235 e. The van der Waals surface area contributed by atoms with Crippen molar-refractivity contribution in [2.75, 3.05) is 7.11 Å². The average molecular weight is 249 g/mol. The second-order valence-electron chi connectivity index (χ2n) is 4.58. The molecule has 0 aromatic heterocycles. The van der Waals surface area contributed by atoms with E-state index in [1.54, 1.807) is 6.08 Å². The molecular weight excluding hydrogens is 233 g/mol. The molecule has 0 amide bonds. The summed E-state index contributed by atoms with van der Waals surface area (Å²) in [5, 5.41) is 0. The molecule has 0 spiro atoms. The zero-order valence-electron chi connectivity index (χ0n) is 10.6. The van der Waals surface area contributed by atoms with Gasteiger partial charge in [0.1, 0.15) is 11.6 Å². The molecular formula is C14H16FNO2. The molecule has 1 aromatic carbocycles. The Balaban J connectivity index is 2.61. The van der Waals surface area contributed by atoms with Gasteiger partial charge in [0.25, 0.3) is 0 Å². The number of isocyanates is 1. The molecule has 2 rings (SSSR count). The number of ether oxygens (including phenoxy) is 1. The van der Waals surface area contributed by atoms with Gasteiger partial charge in [-0.25, -0.2) is 9.18 Å². The Morgan fingerprint density at radius 2 is 2.22 bits per heavy atom. The van der Waals surface area contributed by atoms with Gasteiger partial charge in [0.15, 0.2) is 0 Å². The minimum atomic E-state index is -0.581. The molecule has 0 N–H and O–H groups in total. The maximum Gasteiger partial charge on any atom is 0.235 e. The first-order valence-corrected chi connectivity index (χ1v) is 6.13. The van der Waals surface area contributed by atoms with Crippen LogP contribution in [0.15, 0.2) is 17.1 Å². The van der Waals surface area contributed by atoms with E-state index < -0.39 is 5.54 Å². The van der Waals surface area contributed by atoms with Crippen molar-refractivity contribution in [1.29, 1.82) is 0 Å². The van der Waals surface area contributed by atoms with Crippen LogP contribution >= 0.6 is 0 Å². The van der Waals surface area contributed by atoms with Crippen LogP contribution in [-0.4, -0.2) is 13.2 Å². The topological polar surface area (TPSA) is 38.7 Å². The Morgan fingerprint density at radius 3 is 2.67 bits per heavy atom. The van der Waals surface area contributed by atoms with E-state index in [1.807, 2.05) is 6.92 Å². The van der Waals surface area contributed by atoms with E-state index in [4.69, 9.17) is 4.74 Å². The number of carbonyl (C=O) groups excluding carboxylic acids is 1. The van der Waals surface area contributed by atoms with Crippen LogP contribution in [0.1, 0.15) is 37.3 Å². The standard InChI is InChI=1S/C14H16FNO2/c1-3-11-12(7-10(15)8-13(11)18-2)14(16-9-17)5-4-6-14/h7-8H,3-6H2,1-2H3. The van der Waals surface area contributed by atoms with E-state index in [2.05, 4.69) is 4.99 Å². The Labute approximate surface area is 106 Å². The van der Waals surface area contributed by atoms with E-state index in [0.717, 1.165) is 36.8 Å². The predicted octanol–water partition coefficient (Wildman–Crippen LogP) is 3.11. The maximum absolute atomic E-state index is 13.6. The quantitative estimate of drug-likeness (QED) is 0.607. The Morgan fingerprint density at radius 1 is 1.50 bits per heavy atom. The Kier molecular flexibility index (Phi) is 3.48. The molecule has 18 heavy (non-hydrogen) atoms. The van der Waals surface area contributed by atoms with Crippen LogP contribution in [0, 0.1) is 5.82 Å². The van der Waals surface area contributed by atoms with Gasteiger partial charge in [0.2, 0.25) is 6.08 Å². The lowest BCUT2D eigenvalue weighted by molar-refractivity contribution is 0.252. The zero-order valence-corrected chi connectivity index (χ0v) is 10.6. The summed E-state index contributed by atoms with van der Waals surface area (Å²) in [4.78, 5) is 14.5. The number of aliphatic imine (C=N–C) groups is 1. The fraction of sp³-hybridized carbons (Fsp3) is 0.500. The third-order valence-corrected chi connectivity index (χ3v) is 3.69. The summed E-state index contributed by atoms with van der Waals surface area (Å²) in [6, 6.07) is 2.85. The van der Waals surface area contributed by atoms with Crippen molar-refractivity contribution in [3.8, 4) is 5.75 Å². The summed E-state index contributed by atoms with van der Waals surface area (Å²) in [5.41, 5.74) is 1.12. The monoisotopic (exact) mass is 249 g/mol. The molecule has 1 aliphatic carbocycles. The average Bonchev–Trinajstić information content (AvgIpc) is 2.32. The number of rotatable bonds is 4. The second-order valence-corrected chi connectivity index (χ2v) is 4.58. The maximum atomic E-state index is 13.6. The van der Waals surface area contributed by atoms with Crippen LogP contribution in [0.3, 0.4) is 0 Å². The highest BCUT2D eigenvalue weighted by Crippen LogP contribution is 2.47. The number of hydrogen-bond donors (Lipinski definition) is 0. The van der Waals surface area contributed by atoms with Crippen LogP contribution in [0.2, 0.25) is 0 Å². The molecule has 0 aliphatic heterocycles. The van der Waals surface area contributed by atoms with Gasteiger partial charge in [-0.15, -0.1) is 0 Å². The highest BCUT2D eigenvalue weighted by Gasteiger charge is 2.41. The molecule has 0 bridgehead atoms. The van der Waals surface area contributed by atoms with Crippen molar-refractivity contribution in [2.24, 2.45) is 4.99 Å². The SMILES string of the molecule is CCc1c(OC)cc(F)cc1C1(N=C=O)CCC1. The van der Waals surface area contributed by atoms with Crippen molar-refractivity contribution in [3.05, 3.63) is 29.1 Å². The third-order valence-electron chi connectivity index (χ3n) is 3.69. The van der Waals surface area contributed by atoms with Gasteiger partial charge < -0.3 is 4.74 Å². The molecule has 3 nitrogen and oxygen atoms in total. The van der Waals surface area contributed by atoms with Crippen molar-refractivity contribution in [3.63, 3.8) is 0 Å².